The van der Waals surface area contributed by atoms with E-state index in [0.717, 1.165) is 11.1 Å². The van der Waals surface area contributed by atoms with Gasteiger partial charge in [-0.2, -0.15) is 0 Å². The van der Waals surface area contributed by atoms with Gasteiger partial charge in [-0.25, -0.2) is 4.79 Å². The van der Waals surface area contributed by atoms with Crippen LogP contribution in [0.5, 0.6) is 0 Å². The molecule has 0 aliphatic rings. The molecule has 1 N–H and O–H groups in total. The molecule has 3 heteroatoms. The molecule has 1 rings (SSSR count). The maximum Gasteiger partial charge on any atom is 0.411 e. The van der Waals surface area contributed by atoms with Crippen LogP contribution in [0.2, 0.25) is 0 Å². The van der Waals surface area contributed by atoms with Crippen molar-refractivity contribution in [2.45, 2.75) is 27.4 Å². The molecular formula is C17H23NO2. The standard InChI is InChI=1S/C15H17NO2.C2H6/c1-12(2)9-10-13(3)16-15(17)18-11-14-7-5-4-6-8-14;1-2/h4-10H,1,3,11H2,2H3,(H,16,17);1-2H3/b10-9-;. The Kier molecular flexibility index (Phi) is 9.40. The number of benzene rings is 1. The Morgan fingerprint density at radius 1 is 1.20 bits per heavy atom. The van der Waals surface area contributed by atoms with Crippen molar-refractivity contribution in [1.29, 1.82) is 0 Å². The van der Waals surface area contributed by atoms with Crippen molar-refractivity contribution in [2.75, 3.05) is 0 Å². The van der Waals surface area contributed by atoms with Crippen molar-refractivity contribution >= 4 is 6.09 Å². The predicted molar refractivity (Wildman–Crippen MR) is 84.2 cm³/mol. The fraction of sp³-hybridized carbons (Fsp3) is 0.235. The van der Waals surface area contributed by atoms with Gasteiger partial charge in [-0.15, -0.1) is 0 Å². The summed E-state index contributed by atoms with van der Waals surface area (Å²) in [5, 5.41) is 2.52. The van der Waals surface area contributed by atoms with Gasteiger partial charge in [0.1, 0.15) is 6.61 Å². The first kappa shape index (κ1) is 17.7. The first-order chi connectivity index (χ1) is 9.58. The third-order valence-electron chi connectivity index (χ3n) is 2.04. The number of nitrogens with one attached hydrogen (secondary N) is 1. The molecule has 0 aliphatic heterocycles. The number of rotatable bonds is 5. The first-order valence-electron chi connectivity index (χ1n) is 6.58. The van der Waals surface area contributed by atoms with Gasteiger partial charge >= 0.3 is 6.09 Å². The van der Waals surface area contributed by atoms with E-state index in [1.54, 1.807) is 12.2 Å². The highest BCUT2D eigenvalue weighted by Gasteiger charge is 2.02. The zero-order valence-corrected chi connectivity index (χ0v) is 12.5. The van der Waals surface area contributed by atoms with E-state index in [-0.39, 0.29) is 6.61 Å². The van der Waals surface area contributed by atoms with Crippen molar-refractivity contribution in [3.05, 3.63) is 72.5 Å². The Bertz CT molecular complexity index is 461. The maximum atomic E-state index is 11.4. The van der Waals surface area contributed by atoms with E-state index >= 15 is 0 Å². The Hall–Kier alpha value is -2.29. The van der Waals surface area contributed by atoms with Crippen molar-refractivity contribution in [1.82, 2.24) is 5.32 Å². The van der Waals surface area contributed by atoms with Crippen molar-refractivity contribution < 1.29 is 9.53 Å². The summed E-state index contributed by atoms with van der Waals surface area (Å²) in [6, 6.07) is 9.48. The van der Waals surface area contributed by atoms with Crippen LogP contribution in [0.3, 0.4) is 0 Å². The number of alkyl carbamates (subject to hydrolysis) is 1. The summed E-state index contributed by atoms with van der Waals surface area (Å²) in [6.07, 6.45) is 2.92. The third-order valence-corrected chi connectivity index (χ3v) is 2.04. The summed E-state index contributed by atoms with van der Waals surface area (Å²) in [6.45, 7) is 13.5. The Morgan fingerprint density at radius 2 is 1.80 bits per heavy atom. The van der Waals surface area contributed by atoms with E-state index in [1.165, 1.54) is 0 Å². The fourth-order valence-electron chi connectivity index (χ4n) is 1.17. The van der Waals surface area contributed by atoms with E-state index in [9.17, 15) is 4.79 Å². The zero-order valence-electron chi connectivity index (χ0n) is 12.5. The molecule has 0 atom stereocenters. The van der Waals surface area contributed by atoms with Gasteiger partial charge in [0.05, 0.1) is 0 Å². The van der Waals surface area contributed by atoms with Crippen molar-refractivity contribution in [2.24, 2.45) is 0 Å². The van der Waals surface area contributed by atoms with Crippen LogP contribution < -0.4 is 5.32 Å². The largest absolute Gasteiger partial charge is 0.444 e. The van der Waals surface area contributed by atoms with Crippen LogP contribution in [0.4, 0.5) is 4.79 Å². The van der Waals surface area contributed by atoms with Crippen molar-refractivity contribution in [3.8, 4) is 0 Å². The SMILES string of the molecule is C=C(C)/C=C\C(=C)NC(=O)OCc1ccccc1.CC. The van der Waals surface area contributed by atoms with E-state index in [1.807, 2.05) is 51.1 Å². The molecule has 0 saturated heterocycles. The number of carbonyl (C=O) groups is 1. The van der Waals surface area contributed by atoms with Crippen LogP contribution in [-0.2, 0) is 11.3 Å². The van der Waals surface area contributed by atoms with Gasteiger partial charge < -0.3 is 4.74 Å². The molecule has 0 heterocycles. The van der Waals surface area contributed by atoms with Gasteiger partial charge in [0.2, 0.25) is 0 Å². The molecule has 0 aromatic heterocycles. The van der Waals surface area contributed by atoms with E-state index < -0.39 is 6.09 Å². The van der Waals surface area contributed by atoms with Crippen LogP contribution in [0.15, 0.2) is 66.9 Å². The molecule has 0 spiro atoms. The monoisotopic (exact) mass is 273 g/mol. The zero-order chi connectivity index (χ0) is 15.4. The van der Waals surface area contributed by atoms with Gasteiger partial charge in [-0.1, -0.05) is 69.0 Å². The summed E-state index contributed by atoms with van der Waals surface area (Å²) in [5.41, 5.74) is 2.29. The van der Waals surface area contributed by atoms with Gasteiger partial charge in [0, 0.05) is 5.70 Å². The molecule has 3 nitrogen and oxygen atoms in total. The number of allylic oxidation sites excluding steroid dienone is 3. The molecule has 1 aromatic carbocycles. The van der Waals surface area contributed by atoms with Crippen LogP contribution in [0, 0.1) is 0 Å². The summed E-state index contributed by atoms with van der Waals surface area (Å²) < 4.78 is 5.04. The summed E-state index contributed by atoms with van der Waals surface area (Å²) >= 11 is 0. The van der Waals surface area contributed by atoms with Gasteiger partial charge in [0.25, 0.3) is 0 Å². The number of ether oxygens (including phenoxy) is 1. The van der Waals surface area contributed by atoms with Crippen LogP contribution in [0.1, 0.15) is 26.3 Å². The number of hydrogen-bond acceptors (Lipinski definition) is 2. The first-order valence-corrected chi connectivity index (χ1v) is 6.58. The predicted octanol–water partition coefficient (Wildman–Crippen LogP) is 4.59. The lowest BCUT2D eigenvalue weighted by molar-refractivity contribution is 0.143. The second-order valence-corrected chi connectivity index (χ2v) is 3.89. The van der Waals surface area contributed by atoms with E-state index in [0.29, 0.717) is 5.70 Å². The lowest BCUT2D eigenvalue weighted by Gasteiger charge is -2.06. The highest BCUT2D eigenvalue weighted by Crippen LogP contribution is 2.01. The second-order valence-electron chi connectivity index (χ2n) is 3.89. The minimum absolute atomic E-state index is 0.240. The Labute approximate surface area is 121 Å². The summed E-state index contributed by atoms with van der Waals surface area (Å²) in [4.78, 5) is 11.4. The van der Waals surface area contributed by atoms with Crippen LogP contribution in [-0.4, -0.2) is 6.09 Å². The highest BCUT2D eigenvalue weighted by atomic mass is 16.5. The second kappa shape index (κ2) is 10.6. The average molecular weight is 273 g/mol. The highest BCUT2D eigenvalue weighted by molar-refractivity contribution is 5.70. The van der Waals surface area contributed by atoms with E-state index in [4.69, 9.17) is 4.74 Å². The topological polar surface area (TPSA) is 38.3 Å². The van der Waals surface area contributed by atoms with Crippen molar-refractivity contribution in [3.63, 3.8) is 0 Å². The molecule has 1 amide bonds. The fourth-order valence-corrected chi connectivity index (χ4v) is 1.17. The molecule has 0 aliphatic carbocycles. The maximum absolute atomic E-state index is 11.4. The van der Waals surface area contributed by atoms with E-state index in [2.05, 4.69) is 18.5 Å². The third kappa shape index (κ3) is 8.75. The normalized spacial score (nSPS) is 9.35. The molecule has 0 unspecified atom stereocenters. The number of hydrogen-bond donors (Lipinski definition) is 1. The molecule has 0 fully saturated rings. The number of amides is 1. The lowest BCUT2D eigenvalue weighted by Crippen LogP contribution is -2.22. The summed E-state index contributed by atoms with van der Waals surface area (Å²) in [7, 11) is 0. The number of carbonyl (C=O) groups excluding carboxylic acids is 1. The lowest BCUT2D eigenvalue weighted by atomic mass is 10.2. The van der Waals surface area contributed by atoms with Gasteiger partial charge in [-0.3, -0.25) is 5.32 Å². The Balaban J connectivity index is 0.00000172. The minimum atomic E-state index is -0.518. The van der Waals surface area contributed by atoms with Crippen LogP contribution >= 0.6 is 0 Å². The molecule has 0 radical (unpaired) electrons. The molecule has 20 heavy (non-hydrogen) atoms. The molecule has 0 saturated carbocycles. The molecule has 0 bridgehead atoms. The van der Waals surface area contributed by atoms with Gasteiger partial charge in [-0.05, 0) is 18.6 Å². The molecule has 1 aromatic rings. The van der Waals surface area contributed by atoms with Gasteiger partial charge in [0.15, 0.2) is 0 Å². The molecular weight excluding hydrogens is 250 g/mol. The average Bonchev–Trinajstić information content (AvgIpc) is 2.46. The smallest absolute Gasteiger partial charge is 0.411 e. The molecule has 108 valence electrons. The van der Waals surface area contributed by atoms with Crippen LogP contribution in [0.25, 0.3) is 0 Å². The minimum Gasteiger partial charge on any atom is -0.444 e. The Morgan fingerprint density at radius 3 is 2.35 bits per heavy atom. The quantitative estimate of drug-likeness (QED) is 0.797. The summed E-state index contributed by atoms with van der Waals surface area (Å²) in [5.74, 6) is 0.